The van der Waals surface area contributed by atoms with Gasteiger partial charge in [0, 0.05) is 30.9 Å². The van der Waals surface area contributed by atoms with Crippen molar-refractivity contribution in [3.8, 4) is 11.3 Å². The topological polar surface area (TPSA) is 100 Å². The molecule has 53 heavy (non-hydrogen) atoms. The summed E-state index contributed by atoms with van der Waals surface area (Å²) in [7, 11) is 0.299. The van der Waals surface area contributed by atoms with E-state index in [-0.39, 0.29) is 11.6 Å². The number of fused-ring (bicyclic) bond motifs is 7. The average molecular weight is 739 g/mol. The Bertz CT molecular complexity index is 1670. The maximum atomic E-state index is 6.00. The molecule has 1 aromatic heterocycles. The van der Waals surface area contributed by atoms with Crippen LogP contribution in [0.25, 0.3) is 11.3 Å². The molecule has 0 radical (unpaired) electrons. The molecule has 3 N–H and O–H groups in total. The highest BCUT2D eigenvalue weighted by Gasteiger charge is 2.52. The largest absolute Gasteiger partial charge is 0.412 e. The van der Waals surface area contributed by atoms with E-state index >= 15 is 0 Å². The van der Waals surface area contributed by atoms with Crippen molar-refractivity contribution in [1.29, 1.82) is 0 Å². The van der Waals surface area contributed by atoms with E-state index in [0.29, 0.717) is 11.8 Å². The molecule has 7 nitrogen and oxygen atoms in total. The molecule has 0 spiro atoms. The molecular formula is C45H66N4O3Si. The van der Waals surface area contributed by atoms with Gasteiger partial charge >= 0.3 is 9.28 Å². The number of hydrazone groups is 1. The van der Waals surface area contributed by atoms with Crippen LogP contribution < -0.4 is 5.43 Å². The van der Waals surface area contributed by atoms with Crippen molar-refractivity contribution >= 4 is 15.0 Å². The molecule has 3 aromatic rings. The highest BCUT2D eigenvalue weighted by molar-refractivity contribution is 6.44. The Labute approximate surface area is 321 Å². The average Bonchev–Trinajstić information content (AvgIpc) is 3.43. The van der Waals surface area contributed by atoms with Crippen LogP contribution in [-0.4, -0.2) is 43.9 Å². The normalized spacial score (nSPS) is 26.6. The van der Waals surface area contributed by atoms with Crippen LogP contribution in [0.2, 0.25) is 6.04 Å². The fourth-order valence-electron chi connectivity index (χ4n) is 9.86. The summed E-state index contributed by atoms with van der Waals surface area (Å²) in [5, 5.41) is 13.5. The van der Waals surface area contributed by atoms with Crippen LogP contribution in [0.15, 0.2) is 71.6 Å². The van der Waals surface area contributed by atoms with E-state index < -0.39 is 9.28 Å². The molecule has 8 rings (SSSR count). The second-order valence-electron chi connectivity index (χ2n) is 16.4. The van der Waals surface area contributed by atoms with Crippen molar-refractivity contribution in [2.75, 3.05) is 7.11 Å². The number of allylic oxidation sites excluding steroid dienone is 1. The molecule has 3 fully saturated rings. The SMILES string of the molecule is CCC.CCC1[C@H]2CCc3cnnc(-c4ccc(C)cc4)c3CC[C@@H]12.CO[SiH](CCC1CC2CC1C1=CNN=C(c3ccc(C)cc3)C12)OC(C)C.O. The molecule has 0 saturated heterocycles. The van der Waals surface area contributed by atoms with Crippen LogP contribution in [0, 0.1) is 55.3 Å². The quantitative estimate of drug-likeness (QED) is 0.221. The van der Waals surface area contributed by atoms with Crippen molar-refractivity contribution in [1.82, 2.24) is 15.6 Å². The number of nitrogens with zero attached hydrogens (tertiary/aromatic N) is 3. The van der Waals surface area contributed by atoms with Gasteiger partial charge in [0.1, 0.15) is 0 Å². The molecule has 4 aliphatic carbocycles. The van der Waals surface area contributed by atoms with Gasteiger partial charge in [-0.1, -0.05) is 93.3 Å². The van der Waals surface area contributed by atoms with E-state index in [2.05, 4.69) is 119 Å². The van der Waals surface area contributed by atoms with Crippen LogP contribution in [0.3, 0.4) is 0 Å². The summed E-state index contributed by atoms with van der Waals surface area (Å²) in [6.45, 7) is 15.1. The minimum absolute atomic E-state index is 0. The third kappa shape index (κ3) is 9.56. The van der Waals surface area contributed by atoms with Gasteiger partial charge in [0.15, 0.2) is 0 Å². The molecule has 8 atom stereocenters. The van der Waals surface area contributed by atoms with Crippen molar-refractivity contribution in [2.24, 2.45) is 46.5 Å². The Morgan fingerprint density at radius 1 is 0.887 bits per heavy atom. The van der Waals surface area contributed by atoms with Gasteiger partial charge < -0.3 is 14.3 Å². The van der Waals surface area contributed by atoms with E-state index in [1.165, 1.54) is 96.9 Å². The highest BCUT2D eigenvalue weighted by atomic mass is 28.3. The number of rotatable bonds is 9. The molecule has 5 aliphatic rings. The maximum absolute atomic E-state index is 6.00. The summed E-state index contributed by atoms with van der Waals surface area (Å²) in [4.78, 5) is 0. The summed E-state index contributed by atoms with van der Waals surface area (Å²) >= 11 is 0. The lowest BCUT2D eigenvalue weighted by Crippen LogP contribution is -2.33. The van der Waals surface area contributed by atoms with Gasteiger partial charge in [-0.05, 0) is 136 Å². The van der Waals surface area contributed by atoms with Gasteiger partial charge in [0.05, 0.1) is 17.6 Å². The lowest BCUT2D eigenvalue weighted by molar-refractivity contribution is 0.175. The zero-order valence-electron chi connectivity index (χ0n) is 33.7. The Morgan fingerprint density at radius 3 is 2.15 bits per heavy atom. The van der Waals surface area contributed by atoms with Crippen LogP contribution in [0.4, 0.5) is 0 Å². The molecule has 6 unspecified atom stereocenters. The monoisotopic (exact) mass is 738 g/mol. The number of hydrogen-bond acceptors (Lipinski definition) is 6. The molecule has 3 saturated carbocycles. The van der Waals surface area contributed by atoms with Gasteiger partial charge in [-0.15, -0.1) is 0 Å². The van der Waals surface area contributed by atoms with Gasteiger partial charge in [-0.25, -0.2) is 0 Å². The van der Waals surface area contributed by atoms with Gasteiger partial charge in [0.25, 0.3) is 0 Å². The number of aryl methyl sites for hydroxylation is 3. The number of benzene rings is 2. The minimum Gasteiger partial charge on any atom is -0.412 e. The Hall–Kier alpha value is -3.17. The summed E-state index contributed by atoms with van der Waals surface area (Å²) in [6, 6.07) is 18.7. The summed E-state index contributed by atoms with van der Waals surface area (Å²) in [5.74, 6) is 5.66. The molecule has 2 aromatic carbocycles. The molecule has 8 heteroatoms. The summed E-state index contributed by atoms with van der Waals surface area (Å²) < 4.78 is 11.7. The van der Waals surface area contributed by atoms with Crippen molar-refractivity contribution in [3.05, 3.63) is 94.3 Å². The fraction of sp³-hybridized carbons (Fsp3) is 0.578. The van der Waals surface area contributed by atoms with E-state index in [1.807, 2.05) is 13.3 Å². The van der Waals surface area contributed by atoms with Crippen molar-refractivity contribution < 1.29 is 14.3 Å². The van der Waals surface area contributed by atoms with Crippen LogP contribution in [0.1, 0.15) is 107 Å². The fourth-order valence-corrected chi connectivity index (χ4v) is 11.7. The first kappa shape index (κ1) is 41.0. The second kappa shape index (κ2) is 18.9. The van der Waals surface area contributed by atoms with Gasteiger partial charge in [0.2, 0.25) is 0 Å². The van der Waals surface area contributed by atoms with E-state index in [9.17, 15) is 0 Å². The highest BCUT2D eigenvalue weighted by Crippen LogP contribution is 2.58. The number of nitrogens with one attached hydrogen (secondary N) is 1. The van der Waals surface area contributed by atoms with Crippen LogP contribution >= 0.6 is 0 Å². The van der Waals surface area contributed by atoms with Crippen LogP contribution in [0.5, 0.6) is 0 Å². The molecule has 288 valence electrons. The van der Waals surface area contributed by atoms with Crippen molar-refractivity contribution in [3.63, 3.8) is 0 Å². The predicted molar refractivity (Wildman–Crippen MR) is 221 cm³/mol. The van der Waals surface area contributed by atoms with Gasteiger partial charge in [-0.2, -0.15) is 15.3 Å². The molecule has 2 heterocycles. The van der Waals surface area contributed by atoms with Gasteiger partial charge in [-0.3, -0.25) is 5.43 Å². The lowest BCUT2D eigenvalue weighted by atomic mass is 9.74. The molecule has 2 bridgehead atoms. The number of aromatic nitrogens is 2. The lowest BCUT2D eigenvalue weighted by Gasteiger charge is -2.34. The zero-order chi connectivity index (χ0) is 36.8. The Balaban J connectivity index is 0.000000190. The third-order valence-electron chi connectivity index (χ3n) is 12.3. The maximum Gasteiger partial charge on any atom is 0.321 e. The first-order valence-electron chi connectivity index (χ1n) is 20.4. The summed E-state index contributed by atoms with van der Waals surface area (Å²) in [5.41, 5.74) is 15.1. The first-order chi connectivity index (χ1) is 25.3. The minimum atomic E-state index is -1.51. The number of hydrogen-bond donors (Lipinski definition) is 1. The molecular weight excluding hydrogens is 673 g/mol. The second-order valence-corrected chi connectivity index (χ2v) is 18.6. The zero-order valence-corrected chi connectivity index (χ0v) is 34.9. The van der Waals surface area contributed by atoms with Crippen molar-refractivity contribution in [2.45, 2.75) is 118 Å². The van der Waals surface area contributed by atoms with E-state index in [1.54, 1.807) is 5.57 Å². The van der Waals surface area contributed by atoms with E-state index in [4.69, 9.17) is 14.0 Å². The smallest absolute Gasteiger partial charge is 0.321 e. The van der Waals surface area contributed by atoms with Crippen LogP contribution in [-0.2, 0) is 21.7 Å². The predicted octanol–water partition coefficient (Wildman–Crippen LogP) is 9.34. The first-order valence-corrected chi connectivity index (χ1v) is 22.2. The standard InChI is InChI=1S/C22H32N2O2Si.C20H24N2.C3H8.H2O/c1-14(2)26-27(25-4)10-9-17-11-18-12-19(17)20-13-23-24-22(21(18)20)16-7-5-15(3)6-8-16;1-3-16-18-9-8-15-12-21-22-20(17(15)10-11-19(16)18)14-6-4-13(2)5-7-14;1-3-2;/h5-8,13-14,17-19,21,23,27H,9-12H2,1-4H3;4-7,12,16,18-19H,3,8-11H2,1-2H3;3H2,1-2H3;1H2/t;16?,18-,19+;;/m.1../s1. The molecule has 0 amide bonds. The van der Waals surface area contributed by atoms with E-state index in [0.717, 1.165) is 41.3 Å². The summed E-state index contributed by atoms with van der Waals surface area (Å²) in [6.07, 6.45) is 16.0. The third-order valence-corrected chi connectivity index (χ3v) is 14.5. The molecule has 1 aliphatic heterocycles. The Kier molecular flexibility index (Phi) is 14.6. The Morgan fingerprint density at radius 2 is 1.53 bits per heavy atom.